The van der Waals surface area contributed by atoms with Gasteiger partial charge < -0.3 is 15.5 Å². The van der Waals surface area contributed by atoms with E-state index in [0.717, 1.165) is 23.4 Å². The summed E-state index contributed by atoms with van der Waals surface area (Å²) in [6.07, 6.45) is 1.67. The molecule has 1 heterocycles. The highest BCUT2D eigenvalue weighted by molar-refractivity contribution is 5.76. The molecule has 0 aliphatic heterocycles. The van der Waals surface area contributed by atoms with Gasteiger partial charge in [-0.3, -0.25) is 4.79 Å². The van der Waals surface area contributed by atoms with E-state index in [2.05, 4.69) is 10.3 Å². The maximum atomic E-state index is 11.6. The van der Waals surface area contributed by atoms with Crippen LogP contribution >= 0.6 is 0 Å². The number of hydrogen-bond donors (Lipinski definition) is 2. The third kappa shape index (κ3) is 4.43. The van der Waals surface area contributed by atoms with Gasteiger partial charge >= 0.3 is 0 Å². The Labute approximate surface area is 124 Å². The normalized spacial score (nSPS) is 10.6. The SMILES string of the molecule is Cc1nc(CCC(=O)NCCCN)oc1-c1ccccc1. The molecular weight excluding hydrogens is 266 g/mol. The predicted molar refractivity (Wildman–Crippen MR) is 81.7 cm³/mol. The molecule has 2 rings (SSSR count). The molecule has 5 heteroatoms. The molecule has 5 nitrogen and oxygen atoms in total. The van der Waals surface area contributed by atoms with Crippen LogP contribution in [0.25, 0.3) is 11.3 Å². The second kappa shape index (κ2) is 7.59. The summed E-state index contributed by atoms with van der Waals surface area (Å²) >= 11 is 0. The number of nitrogens with one attached hydrogen (secondary N) is 1. The maximum absolute atomic E-state index is 11.6. The van der Waals surface area contributed by atoms with Crippen molar-refractivity contribution in [1.82, 2.24) is 10.3 Å². The molecule has 0 aliphatic rings. The summed E-state index contributed by atoms with van der Waals surface area (Å²) < 4.78 is 5.77. The van der Waals surface area contributed by atoms with E-state index in [1.54, 1.807) is 0 Å². The number of amides is 1. The average Bonchev–Trinajstić information content (AvgIpc) is 2.87. The zero-order valence-electron chi connectivity index (χ0n) is 12.3. The van der Waals surface area contributed by atoms with Crippen LogP contribution in [0, 0.1) is 6.92 Å². The first-order valence-corrected chi connectivity index (χ1v) is 7.19. The van der Waals surface area contributed by atoms with Gasteiger partial charge in [-0.25, -0.2) is 4.98 Å². The molecule has 0 bridgehead atoms. The molecule has 1 amide bonds. The van der Waals surface area contributed by atoms with Crippen LogP contribution in [-0.4, -0.2) is 24.0 Å². The number of carbonyl (C=O) groups is 1. The Morgan fingerprint density at radius 2 is 2.10 bits per heavy atom. The Morgan fingerprint density at radius 3 is 2.81 bits per heavy atom. The Hall–Kier alpha value is -2.14. The van der Waals surface area contributed by atoms with E-state index in [1.807, 2.05) is 37.3 Å². The number of aryl methyl sites for hydroxylation is 2. The van der Waals surface area contributed by atoms with Crippen LogP contribution in [-0.2, 0) is 11.2 Å². The molecule has 0 atom stereocenters. The first-order valence-electron chi connectivity index (χ1n) is 7.19. The van der Waals surface area contributed by atoms with Gasteiger partial charge in [-0.05, 0) is 19.9 Å². The van der Waals surface area contributed by atoms with Crippen LogP contribution in [0.4, 0.5) is 0 Å². The molecule has 0 radical (unpaired) electrons. The molecule has 21 heavy (non-hydrogen) atoms. The van der Waals surface area contributed by atoms with Crippen molar-refractivity contribution in [2.75, 3.05) is 13.1 Å². The minimum Gasteiger partial charge on any atom is -0.440 e. The fourth-order valence-electron chi connectivity index (χ4n) is 2.06. The van der Waals surface area contributed by atoms with E-state index < -0.39 is 0 Å². The summed E-state index contributed by atoms with van der Waals surface area (Å²) in [5.41, 5.74) is 7.23. The van der Waals surface area contributed by atoms with Crippen LogP contribution in [0.5, 0.6) is 0 Å². The third-order valence-electron chi connectivity index (χ3n) is 3.15. The first-order chi connectivity index (χ1) is 10.2. The van der Waals surface area contributed by atoms with E-state index in [-0.39, 0.29) is 5.91 Å². The van der Waals surface area contributed by atoms with Gasteiger partial charge in [0, 0.05) is 24.9 Å². The number of carbonyl (C=O) groups excluding carboxylic acids is 1. The summed E-state index contributed by atoms with van der Waals surface area (Å²) in [5.74, 6) is 1.37. The summed E-state index contributed by atoms with van der Waals surface area (Å²) in [4.78, 5) is 16.0. The minimum atomic E-state index is 0.000522. The van der Waals surface area contributed by atoms with Gasteiger partial charge in [0.1, 0.15) is 0 Å². The lowest BCUT2D eigenvalue weighted by Crippen LogP contribution is -2.26. The molecule has 0 unspecified atom stereocenters. The highest BCUT2D eigenvalue weighted by Crippen LogP contribution is 2.24. The second-order valence-electron chi connectivity index (χ2n) is 4.88. The van der Waals surface area contributed by atoms with Crippen molar-refractivity contribution in [3.63, 3.8) is 0 Å². The smallest absolute Gasteiger partial charge is 0.220 e. The van der Waals surface area contributed by atoms with Gasteiger partial charge in [0.25, 0.3) is 0 Å². The zero-order valence-corrected chi connectivity index (χ0v) is 12.3. The number of rotatable bonds is 7. The Kier molecular flexibility index (Phi) is 5.51. The Bertz CT molecular complexity index is 578. The third-order valence-corrected chi connectivity index (χ3v) is 3.15. The van der Waals surface area contributed by atoms with Crippen LogP contribution in [0.1, 0.15) is 24.4 Å². The molecule has 0 spiro atoms. The summed E-state index contributed by atoms with van der Waals surface area (Å²) in [6.45, 7) is 3.12. The minimum absolute atomic E-state index is 0.000522. The predicted octanol–water partition coefficient (Wildman–Crippen LogP) is 2.05. The molecule has 0 saturated carbocycles. The van der Waals surface area contributed by atoms with Crippen molar-refractivity contribution in [1.29, 1.82) is 0 Å². The van der Waals surface area contributed by atoms with E-state index in [9.17, 15) is 4.79 Å². The van der Waals surface area contributed by atoms with Crippen LogP contribution in [0.2, 0.25) is 0 Å². The van der Waals surface area contributed by atoms with Crippen molar-refractivity contribution in [2.45, 2.75) is 26.2 Å². The first kappa shape index (κ1) is 15.3. The van der Waals surface area contributed by atoms with Crippen LogP contribution in [0.3, 0.4) is 0 Å². The summed E-state index contributed by atoms with van der Waals surface area (Å²) in [5, 5.41) is 2.82. The van der Waals surface area contributed by atoms with E-state index in [0.29, 0.717) is 31.8 Å². The average molecular weight is 287 g/mol. The number of aromatic nitrogens is 1. The molecular formula is C16H21N3O2. The van der Waals surface area contributed by atoms with E-state index in [4.69, 9.17) is 10.2 Å². The highest BCUT2D eigenvalue weighted by Gasteiger charge is 2.12. The molecule has 3 N–H and O–H groups in total. The second-order valence-corrected chi connectivity index (χ2v) is 4.88. The summed E-state index contributed by atoms with van der Waals surface area (Å²) in [7, 11) is 0. The van der Waals surface area contributed by atoms with Crippen molar-refractivity contribution in [3.8, 4) is 11.3 Å². The van der Waals surface area contributed by atoms with Crippen molar-refractivity contribution < 1.29 is 9.21 Å². The van der Waals surface area contributed by atoms with Crippen molar-refractivity contribution in [2.24, 2.45) is 5.73 Å². The van der Waals surface area contributed by atoms with Gasteiger partial charge in [0.2, 0.25) is 5.91 Å². The van der Waals surface area contributed by atoms with Gasteiger partial charge in [-0.2, -0.15) is 0 Å². The topological polar surface area (TPSA) is 81.2 Å². The molecule has 2 aromatic rings. The molecule has 1 aromatic carbocycles. The van der Waals surface area contributed by atoms with Gasteiger partial charge in [0.15, 0.2) is 11.7 Å². The Balaban J connectivity index is 1.92. The lowest BCUT2D eigenvalue weighted by molar-refractivity contribution is -0.121. The lowest BCUT2D eigenvalue weighted by atomic mass is 10.1. The van der Waals surface area contributed by atoms with Gasteiger partial charge in [-0.1, -0.05) is 30.3 Å². The number of hydrogen-bond acceptors (Lipinski definition) is 4. The largest absolute Gasteiger partial charge is 0.440 e. The zero-order chi connectivity index (χ0) is 15.1. The summed E-state index contributed by atoms with van der Waals surface area (Å²) in [6, 6.07) is 9.85. The standard InChI is InChI=1S/C16H21N3O2/c1-12-16(13-6-3-2-4-7-13)21-15(19-12)9-8-14(20)18-11-5-10-17/h2-4,6-7H,5,8-11,17H2,1H3,(H,18,20). The lowest BCUT2D eigenvalue weighted by Gasteiger charge is -2.02. The number of nitrogens with two attached hydrogens (primary N) is 1. The van der Waals surface area contributed by atoms with Gasteiger partial charge in [0.05, 0.1) is 5.69 Å². The number of oxazole rings is 1. The molecule has 0 saturated heterocycles. The number of nitrogens with zero attached hydrogens (tertiary/aromatic N) is 1. The van der Waals surface area contributed by atoms with Gasteiger partial charge in [-0.15, -0.1) is 0 Å². The maximum Gasteiger partial charge on any atom is 0.220 e. The van der Waals surface area contributed by atoms with Crippen molar-refractivity contribution >= 4 is 5.91 Å². The Morgan fingerprint density at radius 1 is 1.33 bits per heavy atom. The fraction of sp³-hybridized carbons (Fsp3) is 0.375. The molecule has 0 aliphatic carbocycles. The van der Waals surface area contributed by atoms with E-state index in [1.165, 1.54) is 0 Å². The number of benzene rings is 1. The highest BCUT2D eigenvalue weighted by atomic mass is 16.4. The molecule has 0 fully saturated rings. The van der Waals surface area contributed by atoms with Crippen molar-refractivity contribution in [3.05, 3.63) is 41.9 Å². The van der Waals surface area contributed by atoms with Crippen LogP contribution < -0.4 is 11.1 Å². The fourth-order valence-corrected chi connectivity index (χ4v) is 2.06. The molecule has 112 valence electrons. The van der Waals surface area contributed by atoms with E-state index >= 15 is 0 Å². The monoisotopic (exact) mass is 287 g/mol. The van der Waals surface area contributed by atoms with Crippen LogP contribution in [0.15, 0.2) is 34.7 Å². The molecule has 1 aromatic heterocycles. The quantitative estimate of drug-likeness (QED) is 0.764.